The van der Waals surface area contributed by atoms with Crippen molar-refractivity contribution in [3.63, 3.8) is 0 Å². The number of rotatable bonds is 9. The average Bonchev–Trinajstić information content (AvgIpc) is 2.57. The number of benzene rings is 1. The Morgan fingerprint density at radius 2 is 1.78 bits per heavy atom. The van der Waals surface area contributed by atoms with Crippen molar-refractivity contribution in [2.45, 2.75) is 77.9 Å². The second kappa shape index (κ2) is 10.2. The van der Waals surface area contributed by atoms with Crippen LogP contribution < -0.4 is 5.32 Å². The number of hydrogen-bond acceptors (Lipinski definition) is 4. The summed E-state index contributed by atoms with van der Waals surface area (Å²) >= 11 is 0. The molecule has 1 amide bonds. The Morgan fingerprint density at radius 1 is 1.19 bits per heavy atom. The molecule has 1 aromatic rings. The lowest BCUT2D eigenvalue weighted by Gasteiger charge is -2.37. The first-order chi connectivity index (χ1) is 12.4. The van der Waals surface area contributed by atoms with E-state index in [4.69, 9.17) is 9.16 Å². The van der Waals surface area contributed by atoms with Crippen LogP contribution in [0.5, 0.6) is 0 Å². The van der Waals surface area contributed by atoms with E-state index in [0.717, 1.165) is 5.56 Å². The largest absolute Gasteiger partial charge is 0.445 e. The summed E-state index contributed by atoms with van der Waals surface area (Å²) in [7, 11) is -1.96. The number of ether oxygens (including phenoxy) is 1. The van der Waals surface area contributed by atoms with Gasteiger partial charge in [-0.1, -0.05) is 65.0 Å². The third-order valence-corrected chi connectivity index (χ3v) is 9.63. The minimum Gasteiger partial charge on any atom is -0.445 e. The number of nitrogens with one attached hydrogen (secondary N) is 1. The van der Waals surface area contributed by atoms with Crippen LogP contribution in [-0.2, 0) is 15.8 Å². The van der Waals surface area contributed by atoms with E-state index in [0.29, 0.717) is 12.3 Å². The van der Waals surface area contributed by atoms with Gasteiger partial charge in [-0.05, 0) is 36.0 Å². The molecule has 6 heteroatoms. The molecule has 0 aromatic heterocycles. The lowest BCUT2D eigenvalue weighted by atomic mass is 10.00. The molecule has 0 fully saturated rings. The topological polar surface area (TPSA) is 67.8 Å². The van der Waals surface area contributed by atoms with Crippen LogP contribution in [0, 0.1) is 5.92 Å². The van der Waals surface area contributed by atoms with Crippen molar-refractivity contribution in [3.05, 3.63) is 35.9 Å². The summed E-state index contributed by atoms with van der Waals surface area (Å²) < 4.78 is 11.4. The van der Waals surface area contributed by atoms with Crippen LogP contribution in [0.15, 0.2) is 30.3 Å². The van der Waals surface area contributed by atoms with Crippen molar-refractivity contribution < 1.29 is 19.1 Å². The lowest BCUT2D eigenvalue weighted by molar-refractivity contribution is 0.0550. The van der Waals surface area contributed by atoms with Crippen LogP contribution >= 0.6 is 0 Å². The van der Waals surface area contributed by atoms with Gasteiger partial charge >= 0.3 is 6.09 Å². The van der Waals surface area contributed by atoms with Crippen molar-refractivity contribution in [1.29, 1.82) is 0 Å². The molecule has 27 heavy (non-hydrogen) atoms. The maximum atomic E-state index is 12.2. The van der Waals surface area contributed by atoms with Crippen LogP contribution in [0.25, 0.3) is 0 Å². The van der Waals surface area contributed by atoms with E-state index in [1.165, 1.54) is 0 Å². The van der Waals surface area contributed by atoms with Gasteiger partial charge in [-0.15, -0.1) is 0 Å². The summed E-state index contributed by atoms with van der Waals surface area (Å²) in [5, 5.41) is 13.5. The Morgan fingerprint density at radius 3 is 2.30 bits per heavy atom. The molecule has 154 valence electrons. The van der Waals surface area contributed by atoms with Gasteiger partial charge in [0, 0.05) is 0 Å². The molecule has 0 spiro atoms. The molecule has 0 aliphatic rings. The van der Waals surface area contributed by atoms with E-state index in [9.17, 15) is 9.90 Å². The molecular weight excluding hydrogens is 358 g/mol. The first-order valence-electron chi connectivity index (χ1n) is 9.71. The molecule has 1 rings (SSSR count). The normalized spacial score (nSPS) is 14.7. The number of carbonyl (C=O) groups is 1. The quantitative estimate of drug-likeness (QED) is 0.594. The Kier molecular flexibility index (Phi) is 8.98. The Bertz CT molecular complexity index is 569. The SMILES string of the molecule is CC(C)C[C@@H](NC(=O)OCc1ccccc1)[C@H](O)CO[Si](C)(C)C(C)(C)C. The van der Waals surface area contributed by atoms with E-state index >= 15 is 0 Å². The second-order valence-corrected chi connectivity index (χ2v) is 13.9. The fraction of sp³-hybridized carbons (Fsp3) is 0.667. The Balaban J connectivity index is 2.61. The lowest BCUT2D eigenvalue weighted by Crippen LogP contribution is -2.49. The van der Waals surface area contributed by atoms with Gasteiger partial charge in [-0.2, -0.15) is 0 Å². The first-order valence-corrected chi connectivity index (χ1v) is 12.6. The number of amides is 1. The molecule has 0 saturated heterocycles. The summed E-state index contributed by atoms with van der Waals surface area (Å²) in [6.07, 6.45) is -0.635. The van der Waals surface area contributed by atoms with Crippen molar-refractivity contribution in [2.75, 3.05) is 6.61 Å². The van der Waals surface area contributed by atoms with Crippen LogP contribution in [0.1, 0.15) is 46.6 Å². The van der Waals surface area contributed by atoms with Crippen molar-refractivity contribution in [2.24, 2.45) is 5.92 Å². The van der Waals surface area contributed by atoms with Gasteiger partial charge in [0.05, 0.1) is 18.8 Å². The van der Waals surface area contributed by atoms with Gasteiger partial charge in [0.2, 0.25) is 0 Å². The fourth-order valence-corrected chi connectivity index (χ4v) is 3.38. The van der Waals surface area contributed by atoms with E-state index in [2.05, 4.69) is 53.0 Å². The predicted octanol–water partition coefficient (Wildman–Crippen LogP) is 4.71. The average molecular weight is 396 g/mol. The third kappa shape index (κ3) is 8.45. The van der Waals surface area contributed by atoms with Crippen LogP contribution in [-0.4, -0.2) is 38.3 Å². The van der Waals surface area contributed by atoms with Gasteiger partial charge in [0.1, 0.15) is 6.61 Å². The Labute approximate surface area is 165 Å². The standard InChI is InChI=1S/C21H37NO4Si/c1-16(2)13-18(19(23)15-26-27(6,7)21(3,4)5)22-20(24)25-14-17-11-9-8-10-12-17/h8-12,16,18-19,23H,13-15H2,1-7H3,(H,22,24)/t18-,19-/m1/s1. The molecule has 0 bridgehead atoms. The monoisotopic (exact) mass is 395 g/mol. The predicted molar refractivity (Wildman–Crippen MR) is 112 cm³/mol. The molecule has 0 aliphatic carbocycles. The van der Waals surface area contributed by atoms with Crippen molar-refractivity contribution in [1.82, 2.24) is 5.32 Å². The molecule has 2 atom stereocenters. The number of hydrogen-bond donors (Lipinski definition) is 2. The summed E-state index contributed by atoms with van der Waals surface area (Å²) in [6.45, 7) is 15.3. The van der Waals surface area contributed by atoms with E-state index < -0.39 is 26.6 Å². The van der Waals surface area contributed by atoms with Gasteiger partial charge in [0.25, 0.3) is 0 Å². The first kappa shape index (κ1) is 23.7. The second-order valence-electron chi connectivity index (χ2n) is 9.08. The zero-order chi connectivity index (χ0) is 20.7. The molecule has 5 nitrogen and oxygen atoms in total. The van der Waals surface area contributed by atoms with E-state index in [1.807, 2.05) is 30.3 Å². The van der Waals surface area contributed by atoms with Gasteiger partial charge in [0.15, 0.2) is 8.32 Å². The van der Waals surface area contributed by atoms with Gasteiger partial charge in [-0.25, -0.2) is 4.79 Å². The van der Waals surface area contributed by atoms with E-state index in [1.54, 1.807) is 0 Å². The van der Waals surface area contributed by atoms with Crippen LogP contribution in [0.4, 0.5) is 4.79 Å². The number of aliphatic hydroxyl groups excluding tert-OH is 1. The Hall–Kier alpha value is -1.37. The van der Waals surface area contributed by atoms with Crippen LogP contribution in [0.3, 0.4) is 0 Å². The highest BCUT2D eigenvalue weighted by Crippen LogP contribution is 2.36. The highest BCUT2D eigenvalue weighted by molar-refractivity contribution is 6.74. The summed E-state index contributed by atoms with van der Waals surface area (Å²) in [5.74, 6) is 0.326. The van der Waals surface area contributed by atoms with Gasteiger partial charge in [-0.3, -0.25) is 0 Å². The smallest absolute Gasteiger partial charge is 0.407 e. The van der Waals surface area contributed by atoms with Gasteiger partial charge < -0.3 is 19.6 Å². The van der Waals surface area contributed by atoms with Crippen LogP contribution in [0.2, 0.25) is 18.1 Å². The zero-order valence-electron chi connectivity index (χ0n) is 17.9. The zero-order valence-corrected chi connectivity index (χ0v) is 18.9. The van der Waals surface area contributed by atoms with E-state index in [-0.39, 0.29) is 18.3 Å². The molecule has 0 unspecified atom stereocenters. The maximum absolute atomic E-state index is 12.2. The fourth-order valence-electron chi connectivity index (χ4n) is 2.36. The highest BCUT2D eigenvalue weighted by atomic mass is 28.4. The molecule has 0 aliphatic heterocycles. The number of alkyl carbamates (subject to hydrolysis) is 1. The molecular formula is C21H37NO4Si. The third-order valence-electron chi connectivity index (χ3n) is 5.13. The maximum Gasteiger partial charge on any atom is 0.407 e. The number of carbonyl (C=O) groups excluding carboxylic acids is 1. The molecule has 0 radical (unpaired) electrons. The summed E-state index contributed by atoms with van der Waals surface area (Å²) in [4.78, 5) is 12.2. The molecule has 0 saturated carbocycles. The summed E-state index contributed by atoms with van der Waals surface area (Å²) in [6, 6.07) is 9.13. The summed E-state index contributed by atoms with van der Waals surface area (Å²) in [5.41, 5.74) is 0.926. The molecule has 0 heterocycles. The minimum atomic E-state index is -1.96. The highest BCUT2D eigenvalue weighted by Gasteiger charge is 2.38. The van der Waals surface area contributed by atoms with Crippen molar-refractivity contribution in [3.8, 4) is 0 Å². The molecule has 2 N–H and O–H groups in total. The van der Waals surface area contributed by atoms with Crippen molar-refractivity contribution >= 4 is 14.4 Å². The minimum absolute atomic E-state index is 0.0717. The molecule has 1 aromatic carbocycles. The number of aliphatic hydroxyl groups is 1.